The zero-order valence-corrected chi connectivity index (χ0v) is 16.0. The van der Waals surface area contributed by atoms with Crippen molar-refractivity contribution in [1.82, 2.24) is 4.57 Å². The molecule has 1 atom stereocenters. The highest BCUT2D eigenvalue weighted by molar-refractivity contribution is 7.80. The van der Waals surface area contributed by atoms with Crippen molar-refractivity contribution in [3.05, 3.63) is 28.7 Å². The van der Waals surface area contributed by atoms with Crippen LogP contribution in [0.3, 0.4) is 0 Å². The van der Waals surface area contributed by atoms with Gasteiger partial charge in [-0.15, -0.1) is 0 Å². The monoisotopic (exact) mass is 399 g/mol. The summed E-state index contributed by atoms with van der Waals surface area (Å²) in [7, 11) is 1.19. The third-order valence-corrected chi connectivity index (χ3v) is 4.03. The number of nitrogens with zero attached hydrogens (tertiary/aromatic N) is 2. The van der Waals surface area contributed by atoms with E-state index in [4.69, 9.17) is 9.15 Å². The van der Waals surface area contributed by atoms with Gasteiger partial charge in [-0.05, 0) is 32.9 Å². The first-order valence-corrected chi connectivity index (χ1v) is 8.84. The maximum Gasteiger partial charge on any atom is 0.420 e. The van der Waals surface area contributed by atoms with Gasteiger partial charge in [0.05, 0.1) is 18.3 Å². The van der Waals surface area contributed by atoms with E-state index in [1.807, 2.05) is 0 Å². The normalized spacial score (nSPS) is 12.6. The van der Waals surface area contributed by atoms with Gasteiger partial charge in [0.1, 0.15) is 18.7 Å². The Morgan fingerprint density at radius 2 is 1.96 bits per heavy atom. The summed E-state index contributed by atoms with van der Waals surface area (Å²) in [5, 5.41) is 0. The number of ether oxygens (including phenoxy) is 2. The van der Waals surface area contributed by atoms with E-state index in [2.05, 4.69) is 4.74 Å². The number of methoxy groups -OCH3 is 1. The fourth-order valence-corrected chi connectivity index (χ4v) is 2.77. The van der Waals surface area contributed by atoms with Gasteiger partial charge in [-0.1, -0.05) is 0 Å². The number of esters is 2. The average Bonchev–Trinajstić information content (AvgIpc) is 2.85. The minimum atomic E-state index is -2.77. The summed E-state index contributed by atoms with van der Waals surface area (Å²) in [5.41, 5.74) is -0.334. The van der Waals surface area contributed by atoms with E-state index in [9.17, 15) is 23.1 Å². The van der Waals surface area contributed by atoms with E-state index < -0.39 is 41.1 Å². The number of carbonyl (C=O) groups is 2. The molecule has 148 valence electrons. The van der Waals surface area contributed by atoms with Crippen molar-refractivity contribution in [2.24, 2.45) is 0 Å². The van der Waals surface area contributed by atoms with E-state index in [0.29, 0.717) is 0 Å². The number of hydrogen-bond donors (Lipinski definition) is 0. The molecular weight excluding hydrogens is 380 g/mol. The van der Waals surface area contributed by atoms with Crippen LogP contribution in [-0.2, 0) is 36.9 Å². The highest BCUT2D eigenvalue weighted by Crippen LogP contribution is 2.23. The summed E-state index contributed by atoms with van der Waals surface area (Å²) >= 11 is -2.77. The zero-order chi connectivity index (χ0) is 20.4. The van der Waals surface area contributed by atoms with Gasteiger partial charge >= 0.3 is 17.7 Å². The molecule has 0 spiro atoms. The third kappa shape index (κ3) is 5.17. The number of benzene rings is 1. The van der Waals surface area contributed by atoms with Crippen LogP contribution in [-0.4, -0.2) is 44.5 Å². The summed E-state index contributed by atoms with van der Waals surface area (Å²) in [5.74, 6) is -2.18. The van der Waals surface area contributed by atoms with Crippen LogP contribution in [0.4, 0.5) is 5.69 Å². The zero-order valence-electron chi connectivity index (χ0n) is 15.2. The molecule has 2 aromatic rings. The molecule has 0 aliphatic carbocycles. The molecule has 1 unspecified atom stereocenters. The van der Waals surface area contributed by atoms with Crippen molar-refractivity contribution in [2.75, 3.05) is 18.0 Å². The minimum Gasteiger partial charge on any atom is -0.755 e. The number of aromatic nitrogens is 1. The van der Waals surface area contributed by atoms with Gasteiger partial charge in [0.2, 0.25) is 0 Å². The Labute approximate surface area is 157 Å². The molecule has 0 bridgehead atoms. The first kappa shape index (κ1) is 20.6. The molecule has 0 saturated carbocycles. The molecule has 0 radical (unpaired) electrons. The van der Waals surface area contributed by atoms with Crippen LogP contribution in [0.5, 0.6) is 0 Å². The Kier molecular flexibility index (Phi) is 6.06. The molecule has 1 aromatic carbocycles. The first-order valence-electron chi connectivity index (χ1n) is 7.81. The van der Waals surface area contributed by atoms with E-state index >= 15 is 0 Å². The maximum atomic E-state index is 12.0. The smallest absolute Gasteiger partial charge is 0.420 e. The Morgan fingerprint density at radius 1 is 1.30 bits per heavy atom. The summed E-state index contributed by atoms with van der Waals surface area (Å²) in [6, 6.07) is 4.07. The molecule has 0 fully saturated rings. The molecule has 1 heterocycles. The maximum absolute atomic E-state index is 12.0. The second-order valence-electron chi connectivity index (χ2n) is 6.52. The molecule has 0 aliphatic rings. The largest absolute Gasteiger partial charge is 0.755 e. The molecular formula is C16H19N2O8S-. The van der Waals surface area contributed by atoms with Crippen molar-refractivity contribution in [1.29, 1.82) is 0 Å². The van der Waals surface area contributed by atoms with Gasteiger partial charge in [0.15, 0.2) is 5.58 Å². The van der Waals surface area contributed by atoms with Crippen molar-refractivity contribution >= 4 is 40.0 Å². The highest BCUT2D eigenvalue weighted by atomic mass is 32.2. The van der Waals surface area contributed by atoms with Gasteiger partial charge in [-0.3, -0.25) is 22.7 Å². The van der Waals surface area contributed by atoms with Gasteiger partial charge in [0.25, 0.3) is 0 Å². The number of hydrogen-bond acceptors (Lipinski definition) is 8. The summed E-state index contributed by atoms with van der Waals surface area (Å²) < 4.78 is 39.6. The molecule has 2 rings (SSSR count). The Morgan fingerprint density at radius 3 is 2.52 bits per heavy atom. The standard InChI is InChI=1S/C16H20N2O8S/c1-16(2,3)26-14(20)9-18(27(22)23)10-5-6-11-12(7-10)25-15(21)17(11)8-13(19)24-4/h5-7H,8-9H2,1-4H3,(H,22,23)/p-1. The van der Waals surface area contributed by atoms with Crippen LogP contribution in [0.2, 0.25) is 0 Å². The lowest BCUT2D eigenvalue weighted by Gasteiger charge is -2.27. The predicted octanol–water partition coefficient (Wildman–Crippen LogP) is 0.710. The van der Waals surface area contributed by atoms with Crippen LogP contribution in [0.25, 0.3) is 11.1 Å². The van der Waals surface area contributed by atoms with Gasteiger partial charge < -0.3 is 18.4 Å². The van der Waals surface area contributed by atoms with Gasteiger partial charge in [0, 0.05) is 17.3 Å². The van der Waals surface area contributed by atoms with Crippen LogP contribution in [0, 0.1) is 0 Å². The second-order valence-corrected chi connectivity index (χ2v) is 7.40. The minimum absolute atomic E-state index is 0.0565. The van der Waals surface area contributed by atoms with E-state index in [1.165, 1.54) is 25.3 Å². The van der Waals surface area contributed by atoms with Gasteiger partial charge in [-0.25, -0.2) is 4.79 Å². The highest BCUT2D eigenvalue weighted by Gasteiger charge is 2.21. The summed E-state index contributed by atoms with van der Waals surface area (Å²) in [6.07, 6.45) is 0. The number of fused-ring (bicyclic) bond motifs is 1. The molecule has 0 amide bonds. The third-order valence-electron chi connectivity index (χ3n) is 3.33. The first-order chi connectivity index (χ1) is 12.5. The fraction of sp³-hybridized carbons (Fsp3) is 0.438. The van der Waals surface area contributed by atoms with Crippen molar-refractivity contribution < 1.29 is 32.2 Å². The quantitative estimate of drug-likeness (QED) is 0.513. The Balaban J connectivity index is 2.35. The molecule has 1 aromatic heterocycles. The molecule has 0 saturated heterocycles. The number of oxazole rings is 1. The lowest BCUT2D eigenvalue weighted by molar-refractivity contribution is -0.152. The molecule has 27 heavy (non-hydrogen) atoms. The topological polar surface area (TPSA) is 131 Å². The Hall–Kier alpha value is -2.66. The molecule has 10 nitrogen and oxygen atoms in total. The predicted molar refractivity (Wildman–Crippen MR) is 94.6 cm³/mol. The fourth-order valence-electron chi connectivity index (χ4n) is 2.27. The van der Waals surface area contributed by atoms with Crippen molar-refractivity contribution in [2.45, 2.75) is 32.9 Å². The van der Waals surface area contributed by atoms with Crippen LogP contribution in [0.1, 0.15) is 20.8 Å². The second kappa shape index (κ2) is 7.92. The van der Waals surface area contributed by atoms with E-state index in [0.717, 1.165) is 8.87 Å². The average molecular weight is 399 g/mol. The van der Waals surface area contributed by atoms with Gasteiger partial charge in [-0.2, -0.15) is 0 Å². The van der Waals surface area contributed by atoms with E-state index in [1.54, 1.807) is 20.8 Å². The lowest BCUT2D eigenvalue weighted by atomic mass is 10.2. The summed E-state index contributed by atoms with van der Waals surface area (Å²) in [4.78, 5) is 35.3. The van der Waals surface area contributed by atoms with Crippen molar-refractivity contribution in [3.63, 3.8) is 0 Å². The number of anilines is 1. The molecule has 0 aliphatic heterocycles. The van der Waals surface area contributed by atoms with Crippen LogP contribution < -0.4 is 10.1 Å². The SMILES string of the molecule is COC(=O)Cn1c(=O)oc2cc(N(CC(=O)OC(C)(C)C)S(=O)[O-])ccc21. The number of rotatable bonds is 6. The number of carbonyl (C=O) groups excluding carboxylic acids is 2. The summed E-state index contributed by atoms with van der Waals surface area (Å²) in [6.45, 7) is 4.08. The molecule has 0 N–H and O–H groups in total. The molecule has 11 heteroatoms. The van der Waals surface area contributed by atoms with Crippen LogP contribution >= 0.6 is 0 Å². The van der Waals surface area contributed by atoms with Crippen molar-refractivity contribution in [3.8, 4) is 0 Å². The van der Waals surface area contributed by atoms with E-state index in [-0.39, 0.29) is 23.3 Å². The Bertz CT molecular complexity index is 940. The lowest BCUT2D eigenvalue weighted by Crippen LogP contribution is -2.36. The van der Waals surface area contributed by atoms with Crippen LogP contribution in [0.15, 0.2) is 27.4 Å².